The number of aromatic amines is 1. The Bertz CT molecular complexity index is 617. The van der Waals surface area contributed by atoms with E-state index in [4.69, 9.17) is 0 Å². The number of hydrogen-bond donors (Lipinski definition) is 2. The molecular formula is C18H26N4O2. The fourth-order valence-corrected chi connectivity index (χ4v) is 4.32. The Morgan fingerprint density at radius 3 is 2.33 bits per heavy atom. The summed E-state index contributed by atoms with van der Waals surface area (Å²) in [6.07, 6.45) is 7.22. The van der Waals surface area contributed by atoms with E-state index in [9.17, 15) is 9.59 Å². The fourth-order valence-electron chi connectivity index (χ4n) is 4.32. The van der Waals surface area contributed by atoms with Gasteiger partial charge in [0.15, 0.2) is 0 Å². The minimum absolute atomic E-state index is 0.0150. The van der Waals surface area contributed by atoms with Gasteiger partial charge in [0.05, 0.1) is 5.56 Å². The van der Waals surface area contributed by atoms with E-state index in [1.165, 1.54) is 6.42 Å². The van der Waals surface area contributed by atoms with Crippen LogP contribution in [0.3, 0.4) is 0 Å². The number of carbonyl (C=O) groups excluding carboxylic acids is 2. The highest BCUT2D eigenvalue weighted by atomic mass is 16.2. The Kier molecular flexibility index (Phi) is 4.08. The van der Waals surface area contributed by atoms with Crippen molar-refractivity contribution in [2.45, 2.75) is 32.1 Å². The fraction of sp³-hybridized carbons (Fsp3) is 0.667. The van der Waals surface area contributed by atoms with Crippen LogP contribution in [0.4, 0.5) is 0 Å². The zero-order valence-corrected chi connectivity index (χ0v) is 14.1. The van der Waals surface area contributed by atoms with E-state index in [0.29, 0.717) is 16.7 Å². The third-order valence-corrected chi connectivity index (χ3v) is 6.00. The molecule has 4 rings (SSSR count). The topological polar surface area (TPSA) is 68.4 Å². The molecule has 3 aliphatic rings. The number of amides is 2. The van der Waals surface area contributed by atoms with Gasteiger partial charge in [0.1, 0.15) is 5.69 Å². The van der Waals surface area contributed by atoms with Crippen molar-refractivity contribution in [3.63, 3.8) is 0 Å². The summed E-state index contributed by atoms with van der Waals surface area (Å²) in [7, 11) is 0. The molecule has 0 bridgehead atoms. The Labute approximate surface area is 142 Å². The number of rotatable bonds is 2. The van der Waals surface area contributed by atoms with E-state index >= 15 is 0 Å². The standard InChI is InChI=1S/C18H26N4O2/c23-16(22-9-4-18(5-10-22)3-6-19-13-18)14-11-15(20-12-14)17(24)21-7-1-2-8-21/h11-12,19-20H,1-10,13H2. The Hall–Kier alpha value is -1.82. The Morgan fingerprint density at radius 2 is 1.67 bits per heavy atom. The molecule has 3 aliphatic heterocycles. The van der Waals surface area contributed by atoms with Gasteiger partial charge in [-0.05, 0) is 50.1 Å². The van der Waals surface area contributed by atoms with Crippen LogP contribution in [-0.2, 0) is 0 Å². The predicted octanol–water partition coefficient (Wildman–Crippen LogP) is 1.47. The molecule has 2 N–H and O–H groups in total. The minimum atomic E-state index is 0.0150. The highest BCUT2D eigenvalue weighted by Gasteiger charge is 2.38. The zero-order chi connectivity index (χ0) is 16.6. The van der Waals surface area contributed by atoms with Gasteiger partial charge in [-0.3, -0.25) is 9.59 Å². The Morgan fingerprint density at radius 1 is 0.958 bits per heavy atom. The molecule has 130 valence electrons. The smallest absolute Gasteiger partial charge is 0.270 e. The third kappa shape index (κ3) is 2.83. The van der Waals surface area contributed by atoms with E-state index in [1.54, 1.807) is 12.3 Å². The number of carbonyl (C=O) groups is 2. The molecule has 1 aromatic rings. The van der Waals surface area contributed by atoms with E-state index in [2.05, 4.69) is 10.3 Å². The first-order chi connectivity index (χ1) is 11.7. The number of nitrogens with one attached hydrogen (secondary N) is 2. The summed E-state index contributed by atoms with van der Waals surface area (Å²) in [6.45, 7) is 5.48. The SMILES string of the molecule is O=C(c1c[nH]c(C(=O)N2CCCC2)c1)N1CCC2(CCNC2)CC1. The first-order valence-electron chi connectivity index (χ1n) is 9.15. The lowest BCUT2D eigenvalue weighted by Crippen LogP contribution is -2.43. The highest BCUT2D eigenvalue weighted by Crippen LogP contribution is 2.37. The van der Waals surface area contributed by atoms with E-state index in [-0.39, 0.29) is 11.8 Å². The van der Waals surface area contributed by atoms with Crippen molar-refractivity contribution in [2.24, 2.45) is 5.41 Å². The van der Waals surface area contributed by atoms with Crippen molar-refractivity contribution in [3.05, 3.63) is 23.5 Å². The molecule has 1 aromatic heterocycles. The molecule has 6 heteroatoms. The van der Waals surface area contributed by atoms with Gasteiger partial charge in [-0.25, -0.2) is 0 Å². The van der Waals surface area contributed by atoms with Gasteiger partial charge < -0.3 is 20.1 Å². The second kappa shape index (κ2) is 6.24. The number of nitrogens with zero attached hydrogens (tertiary/aromatic N) is 2. The number of hydrogen-bond acceptors (Lipinski definition) is 3. The molecule has 0 atom stereocenters. The van der Waals surface area contributed by atoms with E-state index in [0.717, 1.165) is 65.0 Å². The predicted molar refractivity (Wildman–Crippen MR) is 91.0 cm³/mol. The molecule has 3 saturated heterocycles. The molecule has 1 spiro atoms. The average Bonchev–Trinajstić information content (AvgIpc) is 3.36. The summed E-state index contributed by atoms with van der Waals surface area (Å²) < 4.78 is 0. The number of piperidine rings is 1. The molecule has 4 heterocycles. The molecule has 0 unspecified atom stereocenters. The maximum absolute atomic E-state index is 12.7. The van der Waals surface area contributed by atoms with Gasteiger partial charge in [-0.15, -0.1) is 0 Å². The lowest BCUT2D eigenvalue weighted by molar-refractivity contribution is 0.0608. The summed E-state index contributed by atoms with van der Waals surface area (Å²) in [5.74, 6) is 0.0636. The van der Waals surface area contributed by atoms with Crippen LogP contribution in [0.25, 0.3) is 0 Å². The molecule has 0 saturated carbocycles. The number of aromatic nitrogens is 1. The van der Waals surface area contributed by atoms with Crippen LogP contribution in [0, 0.1) is 5.41 Å². The largest absolute Gasteiger partial charge is 0.356 e. The van der Waals surface area contributed by atoms with E-state index in [1.807, 2.05) is 9.80 Å². The van der Waals surface area contributed by atoms with Gasteiger partial charge in [-0.2, -0.15) is 0 Å². The van der Waals surface area contributed by atoms with Crippen LogP contribution in [0.5, 0.6) is 0 Å². The number of H-pyrrole nitrogens is 1. The maximum atomic E-state index is 12.7. The van der Waals surface area contributed by atoms with Crippen LogP contribution in [0.15, 0.2) is 12.3 Å². The van der Waals surface area contributed by atoms with Crippen LogP contribution in [0.2, 0.25) is 0 Å². The summed E-state index contributed by atoms with van der Waals surface area (Å²) in [4.78, 5) is 31.9. The summed E-state index contributed by atoms with van der Waals surface area (Å²) in [6, 6.07) is 1.73. The number of likely N-dealkylation sites (tertiary alicyclic amines) is 2. The van der Waals surface area contributed by atoms with Crippen LogP contribution in [-0.4, -0.2) is 65.9 Å². The normalized spacial score (nSPS) is 23.2. The lowest BCUT2D eigenvalue weighted by atomic mass is 9.78. The second-order valence-electron chi connectivity index (χ2n) is 7.52. The van der Waals surface area contributed by atoms with E-state index < -0.39 is 0 Å². The van der Waals surface area contributed by atoms with Gasteiger partial charge >= 0.3 is 0 Å². The monoisotopic (exact) mass is 330 g/mol. The highest BCUT2D eigenvalue weighted by molar-refractivity contribution is 5.99. The summed E-state index contributed by atoms with van der Waals surface area (Å²) >= 11 is 0. The van der Waals surface area contributed by atoms with Crippen molar-refractivity contribution in [1.29, 1.82) is 0 Å². The molecule has 24 heavy (non-hydrogen) atoms. The van der Waals surface area contributed by atoms with Crippen LogP contribution in [0.1, 0.15) is 53.0 Å². The van der Waals surface area contributed by atoms with Crippen molar-refractivity contribution in [3.8, 4) is 0 Å². The van der Waals surface area contributed by atoms with Gasteiger partial charge in [0.25, 0.3) is 11.8 Å². The Balaban J connectivity index is 1.39. The zero-order valence-electron chi connectivity index (χ0n) is 14.1. The van der Waals surface area contributed by atoms with Gasteiger partial charge in [0.2, 0.25) is 0 Å². The maximum Gasteiger partial charge on any atom is 0.270 e. The summed E-state index contributed by atoms with van der Waals surface area (Å²) in [5.41, 5.74) is 1.55. The molecule has 0 radical (unpaired) electrons. The van der Waals surface area contributed by atoms with Crippen molar-refractivity contribution in [1.82, 2.24) is 20.1 Å². The molecule has 0 aliphatic carbocycles. The first kappa shape index (κ1) is 15.7. The second-order valence-corrected chi connectivity index (χ2v) is 7.52. The first-order valence-corrected chi connectivity index (χ1v) is 9.15. The van der Waals surface area contributed by atoms with Crippen molar-refractivity contribution >= 4 is 11.8 Å². The average molecular weight is 330 g/mol. The summed E-state index contributed by atoms with van der Waals surface area (Å²) in [5, 5.41) is 3.45. The van der Waals surface area contributed by atoms with Crippen LogP contribution < -0.4 is 5.32 Å². The lowest BCUT2D eigenvalue weighted by Gasteiger charge is -2.38. The molecule has 0 aromatic carbocycles. The molecular weight excluding hydrogens is 304 g/mol. The quantitative estimate of drug-likeness (QED) is 0.863. The van der Waals surface area contributed by atoms with Crippen molar-refractivity contribution < 1.29 is 9.59 Å². The minimum Gasteiger partial charge on any atom is -0.356 e. The van der Waals surface area contributed by atoms with Crippen LogP contribution >= 0.6 is 0 Å². The third-order valence-electron chi connectivity index (χ3n) is 6.00. The molecule has 2 amide bonds. The van der Waals surface area contributed by atoms with Gasteiger partial charge in [-0.1, -0.05) is 0 Å². The van der Waals surface area contributed by atoms with Gasteiger partial charge in [0, 0.05) is 38.9 Å². The molecule has 6 nitrogen and oxygen atoms in total. The molecule has 3 fully saturated rings. The van der Waals surface area contributed by atoms with Crippen molar-refractivity contribution in [2.75, 3.05) is 39.3 Å².